The van der Waals surface area contributed by atoms with Gasteiger partial charge < -0.3 is 20.1 Å². The SMILES string of the molecule is COc1cc(NC(=O)NCCn2nc(C(F)(F)F)c3c2CCCC3)cc(OC)c1. The molecule has 0 fully saturated rings. The molecule has 0 unspecified atom stereocenters. The average molecular weight is 412 g/mol. The number of nitrogens with zero attached hydrogens (tertiary/aromatic N) is 2. The monoisotopic (exact) mass is 412 g/mol. The minimum absolute atomic E-state index is 0.137. The third kappa shape index (κ3) is 4.93. The van der Waals surface area contributed by atoms with Crippen molar-refractivity contribution in [2.75, 3.05) is 26.1 Å². The van der Waals surface area contributed by atoms with E-state index in [1.165, 1.54) is 18.9 Å². The maximum absolute atomic E-state index is 13.2. The molecule has 2 N–H and O–H groups in total. The number of anilines is 1. The highest BCUT2D eigenvalue weighted by atomic mass is 19.4. The number of urea groups is 1. The van der Waals surface area contributed by atoms with Gasteiger partial charge in [0.25, 0.3) is 0 Å². The molecular weight excluding hydrogens is 389 g/mol. The number of methoxy groups -OCH3 is 2. The first kappa shape index (κ1) is 20.8. The summed E-state index contributed by atoms with van der Waals surface area (Å²) < 4.78 is 51.3. The summed E-state index contributed by atoms with van der Waals surface area (Å²) in [5, 5.41) is 9.06. The highest BCUT2D eigenvalue weighted by Crippen LogP contribution is 2.35. The second-order valence-electron chi connectivity index (χ2n) is 6.68. The van der Waals surface area contributed by atoms with Crippen LogP contribution >= 0.6 is 0 Å². The zero-order chi connectivity index (χ0) is 21.0. The number of carbonyl (C=O) groups excluding carboxylic acids is 1. The number of alkyl halides is 3. The van der Waals surface area contributed by atoms with Gasteiger partial charge in [-0.2, -0.15) is 18.3 Å². The van der Waals surface area contributed by atoms with Gasteiger partial charge in [0.2, 0.25) is 0 Å². The van der Waals surface area contributed by atoms with Gasteiger partial charge in [-0.25, -0.2) is 4.79 Å². The van der Waals surface area contributed by atoms with Gasteiger partial charge >= 0.3 is 12.2 Å². The summed E-state index contributed by atoms with van der Waals surface area (Å²) in [4.78, 5) is 12.1. The maximum Gasteiger partial charge on any atom is 0.435 e. The van der Waals surface area contributed by atoms with Crippen molar-refractivity contribution in [2.45, 2.75) is 38.4 Å². The number of aromatic nitrogens is 2. The maximum atomic E-state index is 13.2. The summed E-state index contributed by atoms with van der Waals surface area (Å²) in [5.41, 5.74) is 0.564. The third-order valence-electron chi connectivity index (χ3n) is 4.74. The van der Waals surface area contributed by atoms with Crippen molar-refractivity contribution < 1.29 is 27.4 Å². The minimum atomic E-state index is -4.47. The zero-order valence-electron chi connectivity index (χ0n) is 16.2. The Kier molecular flexibility index (Phi) is 6.19. The van der Waals surface area contributed by atoms with E-state index in [0.717, 1.165) is 12.8 Å². The van der Waals surface area contributed by atoms with E-state index in [-0.39, 0.29) is 18.7 Å². The zero-order valence-corrected chi connectivity index (χ0v) is 16.2. The molecule has 0 aliphatic heterocycles. The van der Waals surface area contributed by atoms with Crippen LogP contribution in [0.1, 0.15) is 29.8 Å². The first-order valence-corrected chi connectivity index (χ1v) is 9.25. The molecule has 1 aromatic carbocycles. The second kappa shape index (κ2) is 8.62. The first-order chi connectivity index (χ1) is 13.8. The molecule has 2 amide bonds. The number of carbonyl (C=O) groups is 1. The molecule has 1 aromatic heterocycles. The Morgan fingerprint density at radius 3 is 2.41 bits per heavy atom. The van der Waals surface area contributed by atoms with Gasteiger partial charge in [-0.3, -0.25) is 4.68 Å². The summed E-state index contributed by atoms with van der Waals surface area (Å²) in [6.07, 6.45) is -1.96. The van der Waals surface area contributed by atoms with Gasteiger partial charge in [-0.05, 0) is 25.7 Å². The predicted molar refractivity (Wildman–Crippen MR) is 100 cm³/mol. The van der Waals surface area contributed by atoms with Gasteiger partial charge in [0, 0.05) is 41.7 Å². The number of amides is 2. The standard InChI is InChI=1S/C19H23F3N4O3/c1-28-13-9-12(10-14(11-13)29-2)24-18(27)23-7-8-26-16-6-4-3-5-15(16)17(25-26)19(20,21)22/h9-11H,3-8H2,1-2H3,(H2,23,24,27). The molecule has 0 bridgehead atoms. The molecule has 0 radical (unpaired) electrons. The second-order valence-corrected chi connectivity index (χ2v) is 6.68. The molecule has 1 aliphatic carbocycles. The van der Waals surface area contributed by atoms with E-state index in [9.17, 15) is 18.0 Å². The number of hydrogen-bond donors (Lipinski definition) is 2. The van der Waals surface area contributed by atoms with Crippen molar-refractivity contribution in [3.8, 4) is 11.5 Å². The Balaban J connectivity index is 1.62. The Morgan fingerprint density at radius 1 is 1.14 bits per heavy atom. The number of hydrogen-bond acceptors (Lipinski definition) is 4. The number of fused-ring (bicyclic) bond motifs is 1. The lowest BCUT2D eigenvalue weighted by atomic mass is 9.95. The van der Waals surface area contributed by atoms with E-state index in [1.54, 1.807) is 18.2 Å². The van der Waals surface area contributed by atoms with Gasteiger partial charge in [0.1, 0.15) is 11.5 Å². The molecule has 2 aromatic rings. The highest BCUT2D eigenvalue weighted by molar-refractivity contribution is 5.89. The van der Waals surface area contributed by atoms with Gasteiger partial charge in [-0.15, -0.1) is 0 Å². The Morgan fingerprint density at radius 2 is 1.79 bits per heavy atom. The van der Waals surface area contributed by atoms with Crippen molar-refractivity contribution in [2.24, 2.45) is 0 Å². The third-order valence-corrected chi connectivity index (χ3v) is 4.74. The fourth-order valence-electron chi connectivity index (χ4n) is 3.41. The van der Waals surface area contributed by atoms with Crippen LogP contribution in [-0.2, 0) is 25.6 Å². The molecular formula is C19H23F3N4O3. The van der Waals surface area contributed by atoms with Crippen LogP contribution in [0.2, 0.25) is 0 Å². The summed E-state index contributed by atoms with van der Waals surface area (Å²) in [6, 6.07) is 4.43. The number of benzene rings is 1. The van der Waals surface area contributed by atoms with Crippen molar-refractivity contribution in [3.63, 3.8) is 0 Å². The molecule has 0 spiro atoms. The molecule has 0 saturated carbocycles. The van der Waals surface area contributed by atoms with E-state index >= 15 is 0 Å². The summed E-state index contributed by atoms with van der Waals surface area (Å²) in [5.74, 6) is 1.03. The Hall–Kier alpha value is -2.91. The van der Waals surface area contributed by atoms with Gasteiger partial charge in [0.05, 0.1) is 20.8 Å². The normalized spacial score (nSPS) is 13.6. The average Bonchev–Trinajstić information content (AvgIpc) is 3.07. The smallest absolute Gasteiger partial charge is 0.435 e. The lowest BCUT2D eigenvalue weighted by molar-refractivity contribution is -0.142. The van der Waals surface area contributed by atoms with Gasteiger partial charge in [-0.1, -0.05) is 0 Å². The number of halogens is 3. The van der Waals surface area contributed by atoms with Crippen molar-refractivity contribution in [3.05, 3.63) is 35.2 Å². The van der Waals surface area contributed by atoms with Crippen LogP contribution in [0.5, 0.6) is 11.5 Å². The number of ether oxygens (including phenoxy) is 2. The molecule has 3 rings (SSSR count). The lowest BCUT2D eigenvalue weighted by Crippen LogP contribution is -2.32. The summed E-state index contributed by atoms with van der Waals surface area (Å²) in [6.45, 7) is 0.297. The fraction of sp³-hybridized carbons (Fsp3) is 0.474. The molecule has 158 valence electrons. The highest BCUT2D eigenvalue weighted by Gasteiger charge is 2.39. The van der Waals surface area contributed by atoms with Crippen molar-refractivity contribution >= 4 is 11.7 Å². The van der Waals surface area contributed by atoms with Crippen LogP contribution in [0.3, 0.4) is 0 Å². The van der Waals surface area contributed by atoms with Crippen molar-refractivity contribution in [1.29, 1.82) is 0 Å². The van der Waals surface area contributed by atoms with Crippen LogP contribution in [0.4, 0.5) is 23.7 Å². The summed E-state index contributed by atoms with van der Waals surface area (Å²) in [7, 11) is 3.00. The number of nitrogens with one attached hydrogen (secondary N) is 2. The van der Waals surface area contributed by atoms with Crippen LogP contribution in [-0.4, -0.2) is 36.6 Å². The lowest BCUT2D eigenvalue weighted by Gasteiger charge is -2.15. The molecule has 29 heavy (non-hydrogen) atoms. The molecule has 1 aliphatic rings. The molecule has 0 saturated heterocycles. The van der Waals surface area contributed by atoms with E-state index in [4.69, 9.17) is 9.47 Å². The van der Waals surface area contributed by atoms with Crippen LogP contribution < -0.4 is 20.1 Å². The largest absolute Gasteiger partial charge is 0.497 e. The van der Waals surface area contributed by atoms with Gasteiger partial charge in [0.15, 0.2) is 5.69 Å². The van der Waals surface area contributed by atoms with E-state index in [1.807, 2.05) is 0 Å². The Bertz CT molecular complexity index is 858. The molecule has 7 nitrogen and oxygen atoms in total. The Labute approximate surface area is 166 Å². The molecule has 1 heterocycles. The summed E-state index contributed by atoms with van der Waals surface area (Å²) >= 11 is 0. The topological polar surface area (TPSA) is 77.4 Å². The fourth-order valence-corrected chi connectivity index (χ4v) is 3.41. The quantitative estimate of drug-likeness (QED) is 0.760. The van der Waals surface area contributed by atoms with Crippen LogP contribution in [0, 0.1) is 0 Å². The van der Waals surface area contributed by atoms with E-state index in [0.29, 0.717) is 35.7 Å². The molecule has 0 atom stereocenters. The van der Waals surface area contributed by atoms with E-state index < -0.39 is 17.9 Å². The predicted octanol–water partition coefficient (Wildman–Crippen LogP) is 3.62. The number of rotatable bonds is 6. The minimum Gasteiger partial charge on any atom is -0.497 e. The first-order valence-electron chi connectivity index (χ1n) is 9.25. The van der Waals surface area contributed by atoms with E-state index in [2.05, 4.69) is 15.7 Å². The van der Waals surface area contributed by atoms with Crippen molar-refractivity contribution in [1.82, 2.24) is 15.1 Å². The van der Waals surface area contributed by atoms with Crippen LogP contribution in [0.15, 0.2) is 18.2 Å². The molecule has 10 heteroatoms. The van der Waals surface area contributed by atoms with Crippen LogP contribution in [0.25, 0.3) is 0 Å².